The molecular weight excluding hydrogens is 376 g/mol. The second-order valence-corrected chi connectivity index (χ2v) is 8.82. The lowest BCUT2D eigenvalue weighted by molar-refractivity contribution is -0.192. The monoisotopic (exact) mass is 398 g/mol. The Bertz CT molecular complexity index is 1510. The second kappa shape index (κ2) is 5.24. The van der Waals surface area contributed by atoms with Crippen molar-refractivity contribution in [3.63, 3.8) is 0 Å². The summed E-state index contributed by atoms with van der Waals surface area (Å²) in [7, 11) is 1.64. The van der Waals surface area contributed by atoms with E-state index in [1.165, 1.54) is 27.1 Å². The fraction of sp³-hybridized carbons (Fsp3) is 0.280. The summed E-state index contributed by atoms with van der Waals surface area (Å²) in [5, 5.41) is 16.7. The molecule has 2 bridgehead atoms. The average Bonchev–Trinajstić information content (AvgIpc) is 3.31. The molecule has 7 rings (SSSR count). The van der Waals surface area contributed by atoms with Crippen LogP contribution >= 0.6 is 0 Å². The third kappa shape index (κ3) is 1.69. The molecule has 2 aliphatic heterocycles. The lowest BCUT2D eigenvalue weighted by Gasteiger charge is -2.39. The first-order chi connectivity index (χ1) is 14.6. The Labute approximate surface area is 173 Å². The first-order valence-electron chi connectivity index (χ1n) is 10.4. The van der Waals surface area contributed by atoms with Gasteiger partial charge in [-0.3, -0.25) is 0 Å². The normalized spacial score (nSPS) is 27.8. The van der Waals surface area contributed by atoms with Crippen molar-refractivity contribution in [2.75, 3.05) is 13.7 Å². The first-order valence-corrected chi connectivity index (χ1v) is 10.4. The molecule has 0 spiro atoms. The quantitative estimate of drug-likeness (QED) is 0.461. The van der Waals surface area contributed by atoms with Gasteiger partial charge in [0.25, 0.3) is 0 Å². The SMILES string of the molecule is COC[C@@]1(O)C[C@H]2O[C@]1(C)n1c3ccccc3c3ccc4c5ccccc5n2c4c31. The lowest BCUT2D eigenvalue weighted by Crippen LogP contribution is -2.53. The largest absolute Gasteiger partial charge is 0.382 e. The molecule has 3 aromatic carbocycles. The number of hydrogen-bond acceptors (Lipinski definition) is 3. The van der Waals surface area contributed by atoms with Crippen molar-refractivity contribution < 1.29 is 14.6 Å². The Morgan fingerprint density at radius 1 is 0.933 bits per heavy atom. The minimum absolute atomic E-state index is 0.207. The van der Waals surface area contributed by atoms with Crippen molar-refractivity contribution in [1.29, 1.82) is 0 Å². The van der Waals surface area contributed by atoms with Gasteiger partial charge in [-0.25, -0.2) is 0 Å². The minimum Gasteiger partial charge on any atom is -0.382 e. The maximum absolute atomic E-state index is 11.9. The van der Waals surface area contributed by atoms with E-state index in [-0.39, 0.29) is 12.8 Å². The second-order valence-electron chi connectivity index (χ2n) is 8.82. The van der Waals surface area contributed by atoms with Crippen molar-refractivity contribution in [2.45, 2.75) is 30.9 Å². The van der Waals surface area contributed by atoms with Gasteiger partial charge in [0.1, 0.15) is 11.8 Å². The van der Waals surface area contributed by atoms with Crippen LogP contribution in [-0.4, -0.2) is 33.6 Å². The highest BCUT2D eigenvalue weighted by Crippen LogP contribution is 2.55. The van der Waals surface area contributed by atoms with Crippen LogP contribution in [0.2, 0.25) is 0 Å². The van der Waals surface area contributed by atoms with Crippen LogP contribution in [0.4, 0.5) is 0 Å². The van der Waals surface area contributed by atoms with Gasteiger partial charge in [-0.2, -0.15) is 0 Å². The predicted octanol–water partition coefficient (Wildman–Crippen LogP) is 4.89. The molecule has 30 heavy (non-hydrogen) atoms. The third-order valence-corrected chi connectivity index (χ3v) is 7.34. The molecule has 1 N–H and O–H groups in total. The van der Waals surface area contributed by atoms with Gasteiger partial charge < -0.3 is 23.7 Å². The summed E-state index contributed by atoms with van der Waals surface area (Å²) in [6.45, 7) is 2.21. The number of nitrogens with zero attached hydrogens (tertiary/aromatic N) is 2. The van der Waals surface area contributed by atoms with Crippen molar-refractivity contribution in [3.8, 4) is 0 Å². The standard InChI is InChI=1S/C25H22N2O3/c1-24-25(28,14-29-2)13-21(30-24)26-19-9-5-3-7-15(19)17-11-12-18-16-8-4-6-10-20(16)27(24)23(18)22(17)26/h3-12,21,28H,13-14H2,1-2H3/t21-,24+,25+/m1/s1. The number of ether oxygens (including phenoxy) is 2. The van der Waals surface area contributed by atoms with Crippen LogP contribution in [0.25, 0.3) is 43.6 Å². The molecule has 0 amide bonds. The van der Waals surface area contributed by atoms with E-state index in [1.54, 1.807) is 7.11 Å². The number of fused-ring (bicyclic) bond motifs is 10. The summed E-state index contributed by atoms with van der Waals surface area (Å²) in [6, 6.07) is 21.3. The molecule has 2 aromatic heterocycles. The van der Waals surface area contributed by atoms with Crippen LogP contribution < -0.4 is 0 Å². The highest BCUT2D eigenvalue weighted by molar-refractivity contribution is 6.22. The smallest absolute Gasteiger partial charge is 0.176 e. The van der Waals surface area contributed by atoms with E-state index >= 15 is 0 Å². The fourth-order valence-electron chi connectivity index (χ4n) is 6.01. The molecule has 5 heteroatoms. The van der Waals surface area contributed by atoms with Crippen LogP contribution in [0.1, 0.15) is 19.6 Å². The van der Waals surface area contributed by atoms with Crippen molar-refractivity contribution in [1.82, 2.24) is 9.13 Å². The highest BCUT2D eigenvalue weighted by Gasteiger charge is 2.60. The zero-order valence-corrected chi connectivity index (χ0v) is 16.9. The van der Waals surface area contributed by atoms with Crippen molar-refractivity contribution >= 4 is 43.6 Å². The summed E-state index contributed by atoms with van der Waals surface area (Å²) in [5.74, 6) is 0. The van der Waals surface area contributed by atoms with E-state index in [1.807, 2.05) is 13.0 Å². The van der Waals surface area contributed by atoms with E-state index in [4.69, 9.17) is 9.47 Å². The number of para-hydroxylation sites is 2. The van der Waals surface area contributed by atoms with E-state index in [0.29, 0.717) is 6.42 Å². The zero-order valence-electron chi connectivity index (χ0n) is 16.9. The predicted molar refractivity (Wildman–Crippen MR) is 118 cm³/mol. The molecular formula is C25H22N2O3. The van der Waals surface area contributed by atoms with Crippen LogP contribution in [0.5, 0.6) is 0 Å². The molecule has 1 saturated heterocycles. The fourth-order valence-corrected chi connectivity index (χ4v) is 6.01. The van der Waals surface area contributed by atoms with E-state index < -0.39 is 11.3 Å². The van der Waals surface area contributed by atoms with Crippen LogP contribution in [0.3, 0.4) is 0 Å². The minimum atomic E-state index is -1.16. The molecule has 0 radical (unpaired) electrons. The number of benzene rings is 3. The Kier molecular flexibility index (Phi) is 2.95. The third-order valence-electron chi connectivity index (χ3n) is 7.34. The Morgan fingerprint density at radius 3 is 2.30 bits per heavy atom. The molecule has 0 saturated carbocycles. The maximum atomic E-state index is 11.9. The summed E-state index contributed by atoms with van der Waals surface area (Å²) < 4.78 is 16.8. The molecule has 2 aliphatic rings. The molecule has 3 atom stereocenters. The lowest BCUT2D eigenvalue weighted by atomic mass is 9.90. The summed E-state index contributed by atoms with van der Waals surface area (Å²) in [6.07, 6.45) is 0.190. The van der Waals surface area contributed by atoms with Gasteiger partial charge in [0, 0.05) is 35.1 Å². The summed E-state index contributed by atoms with van der Waals surface area (Å²) in [4.78, 5) is 0. The van der Waals surface area contributed by atoms with E-state index in [0.717, 1.165) is 16.6 Å². The van der Waals surface area contributed by atoms with Gasteiger partial charge >= 0.3 is 0 Å². The van der Waals surface area contributed by atoms with E-state index in [9.17, 15) is 5.11 Å². The van der Waals surface area contributed by atoms with Gasteiger partial charge in [0.05, 0.1) is 28.7 Å². The number of aliphatic hydroxyl groups is 1. The number of hydrogen-bond donors (Lipinski definition) is 1. The van der Waals surface area contributed by atoms with Crippen molar-refractivity contribution in [2.24, 2.45) is 0 Å². The van der Waals surface area contributed by atoms with Gasteiger partial charge in [0.15, 0.2) is 5.72 Å². The molecule has 150 valence electrons. The Morgan fingerprint density at radius 2 is 1.57 bits per heavy atom. The van der Waals surface area contributed by atoms with Crippen LogP contribution in [0, 0.1) is 0 Å². The van der Waals surface area contributed by atoms with Crippen LogP contribution in [0.15, 0.2) is 60.7 Å². The Balaban J connectivity index is 1.80. The zero-order chi connectivity index (χ0) is 20.3. The summed E-state index contributed by atoms with van der Waals surface area (Å²) in [5.41, 5.74) is 2.38. The average molecular weight is 398 g/mol. The molecule has 4 heterocycles. The molecule has 5 aromatic rings. The maximum Gasteiger partial charge on any atom is 0.176 e. The van der Waals surface area contributed by atoms with Gasteiger partial charge in [-0.15, -0.1) is 0 Å². The molecule has 5 nitrogen and oxygen atoms in total. The molecule has 0 unspecified atom stereocenters. The van der Waals surface area contributed by atoms with Gasteiger partial charge in [-0.1, -0.05) is 48.5 Å². The highest BCUT2D eigenvalue weighted by atomic mass is 16.6. The molecule has 0 aliphatic carbocycles. The number of rotatable bonds is 2. The summed E-state index contributed by atoms with van der Waals surface area (Å²) >= 11 is 0. The van der Waals surface area contributed by atoms with E-state index in [2.05, 4.69) is 63.7 Å². The molecule has 1 fully saturated rings. The van der Waals surface area contributed by atoms with Gasteiger partial charge in [-0.05, 0) is 19.1 Å². The van der Waals surface area contributed by atoms with Crippen LogP contribution in [-0.2, 0) is 15.2 Å². The number of methoxy groups -OCH3 is 1. The first kappa shape index (κ1) is 16.9. The number of aromatic nitrogens is 2. The Hall–Kier alpha value is -2.86. The van der Waals surface area contributed by atoms with Crippen molar-refractivity contribution in [3.05, 3.63) is 60.7 Å². The topological polar surface area (TPSA) is 48.5 Å². The van der Waals surface area contributed by atoms with Gasteiger partial charge in [0.2, 0.25) is 0 Å².